The molecule has 0 atom stereocenters. The SMILES string of the molecule is O=C(N1CCOCC1)N1CC(S(=O)(=O)N2CCC(c3coc4cccnc34)CC2)C1. The molecule has 0 saturated carbocycles. The van der Waals surface area contributed by atoms with E-state index >= 15 is 0 Å². The minimum absolute atomic E-state index is 0.0807. The van der Waals surface area contributed by atoms with E-state index in [1.54, 1.807) is 26.6 Å². The molecule has 30 heavy (non-hydrogen) atoms. The number of piperidine rings is 1. The zero-order valence-corrected chi connectivity index (χ0v) is 17.6. The number of hydrogen-bond donors (Lipinski definition) is 0. The number of rotatable bonds is 3. The minimum Gasteiger partial charge on any atom is -0.462 e. The van der Waals surface area contributed by atoms with Crippen molar-refractivity contribution >= 4 is 27.2 Å². The van der Waals surface area contributed by atoms with Gasteiger partial charge in [-0.3, -0.25) is 4.98 Å². The molecular formula is C20H26N4O5S. The fourth-order valence-electron chi connectivity index (χ4n) is 4.54. The van der Waals surface area contributed by atoms with E-state index in [9.17, 15) is 13.2 Å². The maximum atomic E-state index is 13.0. The Labute approximate surface area is 175 Å². The van der Waals surface area contributed by atoms with Crippen LogP contribution in [-0.2, 0) is 14.8 Å². The van der Waals surface area contributed by atoms with Gasteiger partial charge in [0.2, 0.25) is 10.0 Å². The van der Waals surface area contributed by atoms with Crippen LogP contribution in [0.5, 0.6) is 0 Å². The number of nitrogens with zero attached hydrogens (tertiary/aromatic N) is 4. The van der Waals surface area contributed by atoms with E-state index in [4.69, 9.17) is 9.15 Å². The van der Waals surface area contributed by atoms with Crippen LogP contribution in [0.3, 0.4) is 0 Å². The number of likely N-dealkylation sites (tertiary alicyclic amines) is 1. The highest BCUT2D eigenvalue weighted by molar-refractivity contribution is 7.89. The zero-order chi connectivity index (χ0) is 20.7. The third-order valence-electron chi connectivity index (χ3n) is 6.43. The Hall–Kier alpha value is -2.17. The fraction of sp³-hybridized carbons (Fsp3) is 0.600. The first kappa shape index (κ1) is 19.8. The van der Waals surface area contributed by atoms with Gasteiger partial charge in [0.05, 0.1) is 19.5 Å². The van der Waals surface area contributed by atoms with E-state index in [0.29, 0.717) is 39.4 Å². The third kappa shape index (κ3) is 3.46. The van der Waals surface area contributed by atoms with Crippen molar-refractivity contribution in [2.75, 3.05) is 52.5 Å². The van der Waals surface area contributed by atoms with E-state index in [0.717, 1.165) is 29.5 Å². The van der Waals surface area contributed by atoms with E-state index < -0.39 is 15.3 Å². The Morgan fingerprint density at radius 2 is 1.80 bits per heavy atom. The highest BCUT2D eigenvalue weighted by Gasteiger charge is 2.44. The van der Waals surface area contributed by atoms with Crippen LogP contribution in [0.2, 0.25) is 0 Å². The number of ether oxygens (including phenoxy) is 1. The second-order valence-corrected chi connectivity index (χ2v) is 10.4. The van der Waals surface area contributed by atoms with Crippen molar-refractivity contribution in [1.29, 1.82) is 0 Å². The van der Waals surface area contributed by atoms with Gasteiger partial charge in [0.1, 0.15) is 10.8 Å². The first-order chi connectivity index (χ1) is 14.5. The number of urea groups is 1. The molecule has 0 unspecified atom stereocenters. The summed E-state index contributed by atoms with van der Waals surface area (Å²) >= 11 is 0. The molecule has 3 aliphatic rings. The molecule has 5 rings (SSSR count). The van der Waals surface area contributed by atoms with Crippen LogP contribution >= 0.6 is 0 Å². The number of fused-ring (bicyclic) bond motifs is 1. The lowest BCUT2D eigenvalue weighted by Gasteiger charge is -2.44. The number of aromatic nitrogens is 1. The van der Waals surface area contributed by atoms with Gasteiger partial charge < -0.3 is 19.0 Å². The summed E-state index contributed by atoms with van der Waals surface area (Å²) in [4.78, 5) is 20.3. The normalized spacial score (nSPS) is 22.4. The summed E-state index contributed by atoms with van der Waals surface area (Å²) in [5.41, 5.74) is 2.70. The smallest absolute Gasteiger partial charge is 0.320 e. The molecule has 2 amide bonds. The Balaban J connectivity index is 1.17. The highest BCUT2D eigenvalue weighted by atomic mass is 32.2. The van der Waals surface area contributed by atoms with Crippen molar-refractivity contribution in [3.05, 3.63) is 30.2 Å². The maximum absolute atomic E-state index is 13.0. The van der Waals surface area contributed by atoms with Gasteiger partial charge in [0, 0.05) is 51.0 Å². The fourth-order valence-corrected chi connectivity index (χ4v) is 6.42. The molecule has 5 heterocycles. The maximum Gasteiger partial charge on any atom is 0.320 e. The Morgan fingerprint density at radius 1 is 1.07 bits per heavy atom. The number of furan rings is 1. The molecule has 10 heteroatoms. The van der Waals surface area contributed by atoms with Crippen molar-refractivity contribution in [3.63, 3.8) is 0 Å². The van der Waals surface area contributed by atoms with Gasteiger partial charge in [-0.2, -0.15) is 0 Å². The predicted molar refractivity (Wildman–Crippen MR) is 110 cm³/mol. The summed E-state index contributed by atoms with van der Waals surface area (Å²) in [6.07, 6.45) is 5.00. The van der Waals surface area contributed by atoms with Gasteiger partial charge in [-0.05, 0) is 30.9 Å². The Morgan fingerprint density at radius 3 is 2.53 bits per heavy atom. The topological polar surface area (TPSA) is 96.2 Å². The van der Waals surface area contributed by atoms with Crippen molar-refractivity contribution < 1.29 is 22.4 Å². The van der Waals surface area contributed by atoms with Crippen LogP contribution in [-0.4, -0.2) is 91.3 Å². The first-order valence-corrected chi connectivity index (χ1v) is 12.0. The molecule has 3 fully saturated rings. The zero-order valence-electron chi connectivity index (χ0n) is 16.8. The molecule has 9 nitrogen and oxygen atoms in total. The van der Waals surface area contributed by atoms with Gasteiger partial charge in [-0.15, -0.1) is 0 Å². The van der Waals surface area contributed by atoms with Crippen LogP contribution in [0.1, 0.15) is 24.3 Å². The van der Waals surface area contributed by atoms with Gasteiger partial charge in [0.15, 0.2) is 5.58 Å². The van der Waals surface area contributed by atoms with E-state index in [2.05, 4.69) is 4.98 Å². The largest absolute Gasteiger partial charge is 0.462 e. The van der Waals surface area contributed by atoms with Crippen molar-refractivity contribution in [2.24, 2.45) is 0 Å². The summed E-state index contributed by atoms with van der Waals surface area (Å²) in [6.45, 7) is 3.73. The number of pyridine rings is 1. The lowest BCUT2D eigenvalue weighted by molar-refractivity contribution is 0.0378. The quantitative estimate of drug-likeness (QED) is 0.726. The standard InChI is InChI=1S/C20H26N4O5S/c25-20(22-8-10-28-11-9-22)23-12-16(13-23)30(26,27)24-6-3-15(4-7-24)17-14-29-18-2-1-5-21-19(17)18/h1-2,5,14-16H,3-4,6-13H2. The Bertz CT molecular complexity index is 1020. The average Bonchev–Trinajstić information content (AvgIpc) is 3.17. The molecule has 2 aromatic heterocycles. The monoisotopic (exact) mass is 434 g/mol. The molecule has 3 saturated heterocycles. The van der Waals surface area contributed by atoms with Crippen LogP contribution in [0.15, 0.2) is 29.0 Å². The lowest BCUT2D eigenvalue weighted by Crippen LogP contribution is -2.63. The molecule has 2 aromatic rings. The van der Waals surface area contributed by atoms with Gasteiger partial charge in [-0.25, -0.2) is 17.5 Å². The van der Waals surface area contributed by atoms with Gasteiger partial charge in [0.25, 0.3) is 0 Å². The molecule has 0 spiro atoms. The van der Waals surface area contributed by atoms with E-state index in [1.165, 1.54) is 0 Å². The third-order valence-corrected chi connectivity index (χ3v) is 8.66. The summed E-state index contributed by atoms with van der Waals surface area (Å²) < 4.78 is 38.6. The highest BCUT2D eigenvalue weighted by Crippen LogP contribution is 2.35. The summed E-state index contributed by atoms with van der Waals surface area (Å²) in [5.74, 6) is 0.244. The van der Waals surface area contributed by atoms with Crippen LogP contribution in [0.4, 0.5) is 4.79 Å². The molecule has 0 radical (unpaired) electrons. The number of hydrogen-bond acceptors (Lipinski definition) is 6. The van der Waals surface area contributed by atoms with E-state index in [1.807, 2.05) is 12.1 Å². The first-order valence-electron chi connectivity index (χ1n) is 10.5. The second-order valence-electron chi connectivity index (χ2n) is 8.17. The molecule has 3 aliphatic heterocycles. The van der Waals surface area contributed by atoms with Gasteiger partial charge >= 0.3 is 6.03 Å². The van der Waals surface area contributed by atoms with Crippen molar-refractivity contribution in [2.45, 2.75) is 24.0 Å². The van der Waals surface area contributed by atoms with Crippen LogP contribution < -0.4 is 0 Å². The molecule has 0 aromatic carbocycles. The lowest BCUT2D eigenvalue weighted by atomic mass is 9.91. The Kier molecular flexibility index (Phi) is 5.16. The average molecular weight is 435 g/mol. The minimum atomic E-state index is -3.40. The van der Waals surface area contributed by atoms with Crippen LogP contribution in [0.25, 0.3) is 11.1 Å². The molecule has 0 bridgehead atoms. The summed E-state index contributed by atoms with van der Waals surface area (Å²) in [7, 11) is -3.40. The summed E-state index contributed by atoms with van der Waals surface area (Å²) in [5, 5.41) is -0.504. The number of morpholine rings is 1. The predicted octanol–water partition coefficient (Wildman–Crippen LogP) is 1.47. The van der Waals surface area contributed by atoms with Crippen molar-refractivity contribution in [3.8, 4) is 0 Å². The number of carbonyl (C=O) groups is 1. The molecule has 0 N–H and O–H groups in total. The molecular weight excluding hydrogens is 408 g/mol. The van der Waals surface area contributed by atoms with E-state index in [-0.39, 0.29) is 25.0 Å². The van der Waals surface area contributed by atoms with Crippen LogP contribution in [0, 0.1) is 0 Å². The number of amides is 2. The molecule has 0 aliphatic carbocycles. The number of carbonyl (C=O) groups excluding carboxylic acids is 1. The second kappa shape index (κ2) is 7.82. The van der Waals surface area contributed by atoms with Crippen molar-refractivity contribution in [1.82, 2.24) is 19.1 Å². The summed E-state index contributed by atoms with van der Waals surface area (Å²) in [6, 6.07) is 3.66. The molecule has 162 valence electrons. The number of sulfonamides is 1. The van der Waals surface area contributed by atoms with Gasteiger partial charge in [-0.1, -0.05) is 0 Å².